The van der Waals surface area contributed by atoms with Crippen LogP contribution in [0.15, 0.2) is 24.3 Å². The Balaban J connectivity index is 1.98. The van der Waals surface area contributed by atoms with Crippen LogP contribution in [0.25, 0.3) is 0 Å². The smallest absolute Gasteiger partial charge is 0.0408 e. The van der Waals surface area contributed by atoms with E-state index >= 15 is 0 Å². The molecule has 1 fully saturated rings. The molecule has 1 unspecified atom stereocenters. The van der Waals surface area contributed by atoms with E-state index in [0.29, 0.717) is 11.5 Å². The van der Waals surface area contributed by atoms with Crippen molar-refractivity contribution in [2.75, 3.05) is 6.54 Å². The molecule has 1 atom stereocenters. The van der Waals surface area contributed by atoms with Crippen LogP contribution in [0.3, 0.4) is 0 Å². The molecular weight excluding hydrogens is 230 g/mol. The molecule has 94 valence electrons. The van der Waals surface area contributed by atoms with Gasteiger partial charge in [0.2, 0.25) is 0 Å². The zero-order chi connectivity index (χ0) is 12.3. The SMILES string of the molecule is CCCNC(C)C1(Cc2cccc(Cl)c2)CC1. The molecule has 1 aliphatic carbocycles. The van der Waals surface area contributed by atoms with Crippen LogP contribution >= 0.6 is 11.6 Å². The van der Waals surface area contributed by atoms with Crippen LogP contribution in [0.5, 0.6) is 0 Å². The summed E-state index contributed by atoms with van der Waals surface area (Å²) in [5, 5.41) is 4.49. The molecule has 1 saturated carbocycles. The Kier molecular flexibility index (Phi) is 4.11. The van der Waals surface area contributed by atoms with Gasteiger partial charge in [0.05, 0.1) is 0 Å². The third-order valence-corrected chi connectivity index (χ3v) is 4.19. The Morgan fingerprint density at radius 3 is 2.76 bits per heavy atom. The number of hydrogen-bond donors (Lipinski definition) is 1. The van der Waals surface area contributed by atoms with Crippen LogP contribution in [0.1, 0.15) is 38.7 Å². The molecule has 17 heavy (non-hydrogen) atoms. The minimum Gasteiger partial charge on any atom is -0.314 e. The summed E-state index contributed by atoms with van der Waals surface area (Å²) < 4.78 is 0. The maximum atomic E-state index is 6.04. The third-order valence-electron chi connectivity index (χ3n) is 3.96. The van der Waals surface area contributed by atoms with Crippen molar-refractivity contribution >= 4 is 11.6 Å². The summed E-state index contributed by atoms with van der Waals surface area (Å²) in [6, 6.07) is 8.91. The van der Waals surface area contributed by atoms with Gasteiger partial charge in [0.25, 0.3) is 0 Å². The summed E-state index contributed by atoms with van der Waals surface area (Å²) in [5.74, 6) is 0. The van der Waals surface area contributed by atoms with Crippen molar-refractivity contribution in [3.05, 3.63) is 34.9 Å². The summed E-state index contributed by atoms with van der Waals surface area (Å²) in [5.41, 5.74) is 1.86. The Bertz CT molecular complexity index is 371. The summed E-state index contributed by atoms with van der Waals surface area (Å²) in [7, 11) is 0. The lowest BCUT2D eigenvalue weighted by Gasteiger charge is -2.24. The van der Waals surface area contributed by atoms with Gasteiger partial charge in [-0.3, -0.25) is 0 Å². The molecule has 0 radical (unpaired) electrons. The van der Waals surface area contributed by atoms with Gasteiger partial charge >= 0.3 is 0 Å². The van der Waals surface area contributed by atoms with Crippen molar-refractivity contribution in [1.82, 2.24) is 5.32 Å². The van der Waals surface area contributed by atoms with Gasteiger partial charge in [0, 0.05) is 11.1 Å². The van der Waals surface area contributed by atoms with E-state index in [2.05, 4.69) is 37.4 Å². The molecule has 1 aromatic carbocycles. The van der Waals surface area contributed by atoms with Gasteiger partial charge in [0.1, 0.15) is 0 Å². The predicted molar refractivity (Wildman–Crippen MR) is 74.6 cm³/mol. The fraction of sp³-hybridized carbons (Fsp3) is 0.600. The number of rotatable bonds is 6. The minimum absolute atomic E-state index is 0.486. The van der Waals surface area contributed by atoms with Gasteiger partial charge in [-0.1, -0.05) is 30.7 Å². The topological polar surface area (TPSA) is 12.0 Å². The predicted octanol–water partition coefficient (Wildman–Crippen LogP) is 4.05. The molecule has 0 aromatic heterocycles. The number of benzene rings is 1. The van der Waals surface area contributed by atoms with Crippen LogP contribution in [-0.2, 0) is 6.42 Å². The molecule has 1 nitrogen and oxygen atoms in total. The lowest BCUT2D eigenvalue weighted by atomic mass is 9.90. The van der Waals surface area contributed by atoms with Crippen molar-refractivity contribution in [2.24, 2.45) is 5.41 Å². The Morgan fingerprint density at radius 2 is 2.18 bits per heavy atom. The van der Waals surface area contributed by atoms with E-state index in [0.717, 1.165) is 18.0 Å². The molecule has 1 aliphatic rings. The van der Waals surface area contributed by atoms with Gasteiger partial charge in [-0.05, 0) is 62.3 Å². The average Bonchev–Trinajstić information content (AvgIpc) is 3.07. The summed E-state index contributed by atoms with van der Waals surface area (Å²) in [6.45, 7) is 5.67. The summed E-state index contributed by atoms with van der Waals surface area (Å²) in [4.78, 5) is 0. The van der Waals surface area contributed by atoms with Gasteiger partial charge < -0.3 is 5.32 Å². The van der Waals surface area contributed by atoms with Crippen molar-refractivity contribution in [3.8, 4) is 0 Å². The quantitative estimate of drug-likeness (QED) is 0.804. The zero-order valence-corrected chi connectivity index (χ0v) is 11.6. The second-order valence-corrected chi connectivity index (χ2v) is 5.78. The molecular formula is C15H22ClN. The monoisotopic (exact) mass is 251 g/mol. The average molecular weight is 252 g/mol. The van der Waals surface area contributed by atoms with Crippen LogP contribution in [0, 0.1) is 5.41 Å². The first-order valence-corrected chi connectivity index (χ1v) is 7.02. The van der Waals surface area contributed by atoms with E-state index in [-0.39, 0.29) is 0 Å². The first-order valence-electron chi connectivity index (χ1n) is 6.64. The summed E-state index contributed by atoms with van der Waals surface area (Å²) >= 11 is 6.04. The normalized spacial score (nSPS) is 19.0. The number of nitrogens with one attached hydrogen (secondary N) is 1. The van der Waals surface area contributed by atoms with Crippen molar-refractivity contribution < 1.29 is 0 Å². The largest absolute Gasteiger partial charge is 0.314 e. The molecule has 0 heterocycles. The molecule has 2 rings (SSSR count). The maximum Gasteiger partial charge on any atom is 0.0408 e. The molecule has 2 heteroatoms. The van der Waals surface area contributed by atoms with Gasteiger partial charge in [-0.15, -0.1) is 0 Å². The third kappa shape index (κ3) is 3.23. The second kappa shape index (κ2) is 5.41. The fourth-order valence-corrected chi connectivity index (χ4v) is 2.77. The van der Waals surface area contributed by atoms with Crippen LogP contribution in [-0.4, -0.2) is 12.6 Å². The maximum absolute atomic E-state index is 6.04. The lowest BCUT2D eigenvalue weighted by molar-refractivity contribution is 0.350. The Labute approximate surface area is 110 Å². The number of halogens is 1. The van der Waals surface area contributed by atoms with Crippen molar-refractivity contribution in [3.63, 3.8) is 0 Å². The number of hydrogen-bond acceptors (Lipinski definition) is 1. The highest BCUT2D eigenvalue weighted by Gasteiger charge is 2.46. The van der Waals surface area contributed by atoms with Gasteiger partial charge in [-0.2, -0.15) is 0 Å². The minimum atomic E-state index is 0.486. The standard InChI is InChI=1S/C15H22ClN/c1-3-9-17-12(2)15(7-8-15)11-13-5-4-6-14(16)10-13/h4-6,10,12,17H,3,7-9,11H2,1-2H3. The first-order chi connectivity index (χ1) is 8.16. The second-order valence-electron chi connectivity index (χ2n) is 5.34. The summed E-state index contributed by atoms with van der Waals surface area (Å²) in [6.07, 6.45) is 5.05. The highest BCUT2D eigenvalue weighted by molar-refractivity contribution is 6.30. The van der Waals surface area contributed by atoms with E-state index in [4.69, 9.17) is 11.6 Å². The molecule has 0 amide bonds. The van der Waals surface area contributed by atoms with Crippen molar-refractivity contribution in [1.29, 1.82) is 0 Å². The molecule has 0 saturated heterocycles. The molecule has 1 aromatic rings. The first kappa shape index (κ1) is 12.9. The Hall–Kier alpha value is -0.530. The van der Waals surface area contributed by atoms with Crippen LogP contribution in [0.4, 0.5) is 0 Å². The van der Waals surface area contributed by atoms with E-state index in [1.165, 1.54) is 24.8 Å². The molecule has 0 aliphatic heterocycles. The van der Waals surface area contributed by atoms with Crippen LogP contribution in [0.2, 0.25) is 5.02 Å². The molecule has 1 N–H and O–H groups in total. The van der Waals surface area contributed by atoms with Crippen molar-refractivity contribution in [2.45, 2.75) is 45.6 Å². The van der Waals surface area contributed by atoms with E-state index in [1.54, 1.807) is 0 Å². The zero-order valence-electron chi connectivity index (χ0n) is 10.8. The van der Waals surface area contributed by atoms with E-state index in [1.807, 2.05) is 6.07 Å². The van der Waals surface area contributed by atoms with Crippen LogP contribution < -0.4 is 5.32 Å². The highest BCUT2D eigenvalue weighted by atomic mass is 35.5. The Morgan fingerprint density at radius 1 is 1.41 bits per heavy atom. The van der Waals surface area contributed by atoms with Gasteiger partial charge in [-0.25, -0.2) is 0 Å². The van der Waals surface area contributed by atoms with E-state index < -0.39 is 0 Å². The lowest BCUT2D eigenvalue weighted by Crippen LogP contribution is -2.36. The molecule has 0 spiro atoms. The van der Waals surface area contributed by atoms with E-state index in [9.17, 15) is 0 Å². The molecule has 0 bridgehead atoms. The van der Waals surface area contributed by atoms with Gasteiger partial charge in [0.15, 0.2) is 0 Å². The highest BCUT2D eigenvalue weighted by Crippen LogP contribution is 2.51. The fourth-order valence-electron chi connectivity index (χ4n) is 2.55.